The minimum atomic E-state index is -0.324. The standard InChI is InChI=1S/C12H20N2O2S/c1-4-9-11(16)14(8(2)10(15)13-9)7-12(17-3)5-6-12/h8-9H,4-7H2,1-3H3,(H,13,15). The van der Waals surface area contributed by atoms with E-state index in [0.29, 0.717) is 6.42 Å². The van der Waals surface area contributed by atoms with Crippen molar-refractivity contribution in [2.24, 2.45) is 0 Å². The Kier molecular flexibility index (Phi) is 3.39. The molecule has 2 amide bonds. The normalized spacial score (nSPS) is 31.4. The molecular weight excluding hydrogens is 236 g/mol. The van der Waals surface area contributed by atoms with E-state index in [1.54, 1.807) is 4.90 Å². The highest BCUT2D eigenvalue weighted by Gasteiger charge is 2.48. The summed E-state index contributed by atoms with van der Waals surface area (Å²) in [6.07, 6.45) is 5.07. The molecule has 4 nitrogen and oxygen atoms in total. The molecule has 0 radical (unpaired) electrons. The molecule has 1 saturated heterocycles. The van der Waals surface area contributed by atoms with Crippen LogP contribution in [0.4, 0.5) is 0 Å². The molecule has 0 aromatic heterocycles. The van der Waals surface area contributed by atoms with Gasteiger partial charge in [-0.2, -0.15) is 11.8 Å². The second-order valence-corrected chi connectivity index (χ2v) is 6.27. The molecule has 2 fully saturated rings. The molecule has 96 valence electrons. The predicted octanol–water partition coefficient (Wildman–Crippen LogP) is 1.01. The Morgan fingerprint density at radius 2 is 2.12 bits per heavy atom. The Labute approximate surface area is 106 Å². The first-order valence-electron chi connectivity index (χ1n) is 6.19. The molecule has 1 aliphatic heterocycles. The van der Waals surface area contributed by atoms with Crippen molar-refractivity contribution >= 4 is 23.6 Å². The topological polar surface area (TPSA) is 49.4 Å². The third-order valence-corrected chi connectivity index (χ3v) is 5.26. The number of hydrogen-bond donors (Lipinski definition) is 1. The van der Waals surface area contributed by atoms with Crippen molar-refractivity contribution in [1.29, 1.82) is 0 Å². The van der Waals surface area contributed by atoms with Gasteiger partial charge in [0.1, 0.15) is 12.1 Å². The number of carbonyl (C=O) groups is 2. The molecule has 1 aliphatic carbocycles. The van der Waals surface area contributed by atoms with E-state index in [0.717, 1.165) is 19.4 Å². The lowest BCUT2D eigenvalue weighted by Gasteiger charge is -2.38. The number of thioether (sulfide) groups is 1. The second-order valence-electron chi connectivity index (χ2n) is 5.00. The van der Waals surface area contributed by atoms with E-state index < -0.39 is 0 Å². The van der Waals surface area contributed by atoms with Crippen LogP contribution in [-0.2, 0) is 9.59 Å². The first-order chi connectivity index (χ1) is 8.03. The quantitative estimate of drug-likeness (QED) is 0.816. The minimum Gasteiger partial charge on any atom is -0.343 e. The van der Waals surface area contributed by atoms with Gasteiger partial charge in [0, 0.05) is 11.3 Å². The summed E-state index contributed by atoms with van der Waals surface area (Å²) < 4.78 is 0.222. The van der Waals surface area contributed by atoms with Gasteiger partial charge in [-0.3, -0.25) is 9.59 Å². The summed E-state index contributed by atoms with van der Waals surface area (Å²) in [5, 5.41) is 2.78. The molecule has 1 heterocycles. The minimum absolute atomic E-state index is 0.0200. The lowest BCUT2D eigenvalue weighted by molar-refractivity contribution is -0.148. The SMILES string of the molecule is CCC1NC(=O)C(C)N(CC2(SC)CC2)C1=O. The number of amides is 2. The fourth-order valence-corrected chi connectivity index (χ4v) is 3.03. The number of rotatable bonds is 4. The van der Waals surface area contributed by atoms with Gasteiger partial charge in [0.05, 0.1) is 0 Å². The van der Waals surface area contributed by atoms with Gasteiger partial charge in [-0.05, 0) is 32.4 Å². The van der Waals surface area contributed by atoms with Crippen LogP contribution >= 0.6 is 11.8 Å². The maximum Gasteiger partial charge on any atom is 0.245 e. The number of carbonyl (C=O) groups excluding carboxylic acids is 2. The second kappa shape index (κ2) is 4.52. The highest BCUT2D eigenvalue weighted by Crippen LogP contribution is 2.48. The van der Waals surface area contributed by atoms with Crippen molar-refractivity contribution in [2.45, 2.75) is 49.9 Å². The molecule has 0 bridgehead atoms. The third-order valence-electron chi connectivity index (χ3n) is 3.85. The van der Waals surface area contributed by atoms with Gasteiger partial charge in [-0.15, -0.1) is 0 Å². The number of hydrogen-bond acceptors (Lipinski definition) is 3. The van der Waals surface area contributed by atoms with E-state index in [2.05, 4.69) is 11.6 Å². The Morgan fingerprint density at radius 1 is 1.47 bits per heavy atom. The summed E-state index contributed by atoms with van der Waals surface area (Å²) in [4.78, 5) is 25.8. The Bertz CT molecular complexity index is 341. The summed E-state index contributed by atoms with van der Waals surface area (Å²) >= 11 is 1.82. The van der Waals surface area contributed by atoms with E-state index >= 15 is 0 Å². The highest BCUT2D eigenvalue weighted by atomic mass is 32.2. The van der Waals surface area contributed by atoms with Crippen LogP contribution in [0.1, 0.15) is 33.1 Å². The van der Waals surface area contributed by atoms with Crippen molar-refractivity contribution in [2.75, 3.05) is 12.8 Å². The maximum absolute atomic E-state index is 12.2. The molecule has 1 saturated carbocycles. The Morgan fingerprint density at radius 3 is 2.59 bits per heavy atom. The molecule has 5 heteroatoms. The van der Waals surface area contributed by atoms with Gasteiger partial charge < -0.3 is 10.2 Å². The van der Waals surface area contributed by atoms with Crippen LogP contribution in [0.15, 0.2) is 0 Å². The molecule has 1 N–H and O–H groups in total. The molecule has 2 unspecified atom stereocenters. The third kappa shape index (κ3) is 2.30. The van der Waals surface area contributed by atoms with Crippen molar-refractivity contribution < 1.29 is 9.59 Å². The van der Waals surface area contributed by atoms with Crippen molar-refractivity contribution in [3.8, 4) is 0 Å². The molecule has 2 aliphatic rings. The average molecular weight is 256 g/mol. The zero-order chi connectivity index (χ0) is 12.6. The molecule has 17 heavy (non-hydrogen) atoms. The summed E-state index contributed by atoms with van der Waals surface area (Å²) in [6.45, 7) is 4.46. The average Bonchev–Trinajstić information content (AvgIpc) is 3.10. The zero-order valence-electron chi connectivity index (χ0n) is 10.7. The van der Waals surface area contributed by atoms with Crippen LogP contribution in [0.25, 0.3) is 0 Å². The van der Waals surface area contributed by atoms with E-state index in [1.165, 1.54) is 0 Å². The van der Waals surface area contributed by atoms with Gasteiger partial charge >= 0.3 is 0 Å². The highest BCUT2D eigenvalue weighted by molar-refractivity contribution is 8.00. The van der Waals surface area contributed by atoms with Gasteiger partial charge in [0.15, 0.2) is 0 Å². The fraction of sp³-hybridized carbons (Fsp3) is 0.833. The number of piperazine rings is 1. The van der Waals surface area contributed by atoms with Crippen molar-refractivity contribution in [1.82, 2.24) is 10.2 Å². The molecule has 2 rings (SSSR count). The molecule has 0 aromatic rings. The van der Waals surface area contributed by atoms with E-state index in [4.69, 9.17) is 0 Å². The lowest BCUT2D eigenvalue weighted by atomic mass is 10.1. The molecule has 2 atom stereocenters. The fourth-order valence-electron chi connectivity index (χ4n) is 2.25. The Balaban J connectivity index is 2.11. The lowest BCUT2D eigenvalue weighted by Crippen LogP contribution is -2.63. The summed E-state index contributed by atoms with van der Waals surface area (Å²) in [6, 6.07) is -0.647. The first-order valence-corrected chi connectivity index (χ1v) is 7.41. The van der Waals surface area contributed by atoms with Gasteiger partial charge in [0.2, 0.25) is 11.8 Å². The van der Waals surface area contributed by atoms with Crippen molar-refractivity contribution in [3.63, 3.8) is 0 Å². The van der Waals surface area contributed by atoms with Gasteiger partial charge in [-0.25, -0.2) is 0 Å². The van der Waals surface area contributed by atoms with Crippen LogP contribution in [-0.4, -0.2) is 46.3 Å². The number of nitrogens with one attached hydrogen (secondary N) is 1. The Hall–Kier alpha value is -0.710. The van der Waals surface area contributed by atoms with Gasteiger partial charge in [0.25, 0.3) is 0 Å². The molecule has 0 aromatic carbocycles. The number of nitrogens with zero attached hydrogens (tertiary/aromatic N) is 1. The predicted molar refractivity (Wildman–Crippen MR) is 68.9 cm³/mol. The zero-order valence-corrected chi connectivity index (χ0v) is 11.5. The summed E-state index contributed by atoms with van der Waals surface area (Å²) in [5.41, 5.74) is 0. The monoisotopic (exact) mass is 256 g/mol. The van der Waals surface area contributed by atoms with Crippen molar-refractivity contribution in [3.05, 3.63) is 0 Å². The van der Waals surface area contributed by atoms with Gasteiger partial charge in [-0.1, -0.05) is 6.92 Å². The van der Waals surface area contributed by atoms with Crippen LogP contribution in [0.3, 0.4) is 0 Å². The molecule has 0 spiro atoms. The van der Waals surface area contributed by atoms with Crippen LogP contribution in [0.2, 0.25) is 0 Å². The molecular formula is C12H20N2O2S. The first kappa shape index (κ1) is 12.7. The van der Waals surface area contributed by atoms with Crippen LogP contribution in [0.5, 0.6) is 0 Å². The summed E-state index contributed by atoms with van der Waals surface area (Å²) in [7, 11) is 0. The van der Waals surface area contributed by atoms with Crippen LogP contribution in [0, 0.1) is 0 Å². The van der Waals surface area contributed by atoms with E-state index in [1.807, 2.05) is 25.6 Å². The van der Waals surface area contributed by atoms with Crippen LogP contribution < -0.4 is 5.32 Å². The smallest absolute Gasteiger partial charge is 0.245 e. The largest absolute Gasteiger partial charge is 0.343 e. The maximum atomic E-state index is 12.2. The summed E-state index contributed by atoms with van der Waals surface area (Å²) in [5.74, 6) is 0.0632. The van der Waals surface area contributed by atoms with E-state index in [-0.39, 0.29) is 28.6 Å². The van der Waals surface area contributed by atoms with E-state index in [9.17, 15) is 9.59 Å².